The number of nitrogens with one attached hydrogen (secondary N) is 2. The first kappa shape index (κ1) is 20.7. The minimum absolute atomic E-state index is 0.0879. The fourth-order valence-corrected chi connectivity index (χ4v) is 3.14. The van der Waals surface area contributed by atoms with E-state index in [0.29, 0.717) is 12.2 Å². The molecule has 0 aliphatic carbocycles. The molecule has 1 amide bonds. The van der Waals surface area contributed by atoms with Crippen LogP contribution < -0.4 is 10.0 Å². The quantitative estimate of drug-likeness (QED) is 0.682. The molecule has 0 aliphatic heterocycles. The van der Waals surface area contributed by atoms with Crippen LogP contribution in [0, 0.1) is 0 Å². The van der Waals surface area contributed by atoms with Crippen LogP contribution in [0.25, 0.3) is 6.08 Å². The molecule has 2 aromatic rings. The summed E-state index contributed by atoms with van der Waals surface area (Å²) in [7, 11) is 0.658. The Hall–Kier alpha value is -2.64. The number of sulfonamides is 1. The molecule has 0 aliphatic rings. The number of hydrogen-bond donors (Lipinski definition) is 2. The summed E-state index contributed by atoms with van der Waals surface area (Å²) in [4.78, 5) is 14.2. The summed E-state index contributed by atoms with van der Waals surface area (Å²) < 4.78 is 24.8. The zero-order valence-corrected chi connectivity index (χ0v) is 16.5. The molecule has 2 aromatic carbocycles. The van der Waals surface area contributed by atoms with Crippen molar-refractivity contribution in [1.82, 2.24) is 10.2 Å². The lowest BCUT2D eigenvalue weighted by molar-refractivity contribution is -0.116. The maximum absolute atomic E-state index is 12.1. The Labute approximate surface area is 161 Å². The highest BCUT2D eigenvalue weighted by molar-refractivity contribution is 7.92. The molecule has 2 rings (SSSR count). The van der Waals surface area contributed by atoms with Crippen LogP contribution in [-0.4, -0.2) is 46.1 Å². The van der Waals surface area contributed by atoms with Crippen LogP contribution in [0.15, 0.2) is 60.7 Å². The van der Waals surface area contributed by atoms with Crippen LogP contribution in [0.2, 0.25) is 0 Å². The highest BCUT2D eigenvalue weighted by Gasteiger charge is 2.14. The Morgan fingerprint density at radius 3 is 2.26 bits per heavy atom. The first-order chi connectivity index (χ1) is 12.7. The summed E-state index contributed by atoms with van der Waals surface area (Å²) in [6.07, 6.45) is 4.26. The number of carbonyl (C=O) groups is 1. The van der Waals surface area contributed by atoms with E-state index in [1.807, 2.05) is 44.4 Å². The van der Waals surface area contributed by atoms with E-state index in [0.717, 1.165) is 17.4 Å². The average molecular weight is 388 g/mol. The lowest BCUT2D eigenvalue weighted by Gasteiger charge is -2.24. The number of nitrogens with zero attached hydrogens (tertiary/aromatic N) is 1. The summed E-state index contributed by atoms with van der Waals surface area (Å²) in [6, 6.07) is 16.9. The predicted molar refractivity (Wildman–Crippen MR) is 110 cm³/mol. The number of anilines is 1. The third-order valence-corrected chi connectivity index (χ3v) is 4.52. The van der Waals surface area contributed by atoms with Crippen molar-refractivity contribution in [3.8, 4) is 0 Å². The average Bonchev–Trinajstić information content (AvgIpc) is 2.60. The summed E-state index contributed by atoms with van der Waals surface area (Å²) in [6.45, 7) is 0.497. The lowest BCUT2D eigenvalue weighted by Crippen LogP contribution is -2.33. The van der Waals surface area contributed by atoms with Crippen LogP contribution in [-0.2, 0) is 14.8 Å². The van der Waals surface area contributed by atoms with Crippen LogP contribution >= 0.6 is 0 Å². The monoisotopic (exact) mass is 387 g/mol. The maximum atomic E-state index is 12.1. The normalized spacial score (nSPS) is 12.9. The van der Waals surface area contributed by atoms with E-state index in [-0.39, 0.29) is 11.9 Å². The molecule has 144 valence electrons. The number of carbonyl (C=O) groups excluding carboxylic acids is 1. The van der Waals surface area contributed by atoms with E-state index in [1.165, 1.54) is 6.08 Å². The van der Waals surface area contributed by atoms with Gasteiger partial charge in [-0.15, -0.1) is 0 Å². The van der Waals surface area contributed by atoms with Crippen LogP contribution in [0.1, 0.15) is 17.2 Å². The number of hydrogen-bond acceptors (Lipinski definition) is 4. The molecule has 0 heterocycles. The zero-order chi connectivity index (χ0) is 19.9. The Bertz CT molecular complexity index is 876. The molecule has 0 aromatic heterocycles. The van der Waals surface area contributed by atoms with Crippen LogP contribution in [0.5, 0.6) is 0 Å². The number of benzene rings is 2. The second-order valence-electron chi connectivity index (χ2n) is 6.46. The van der Waals surface area contributed by atoms with Gasteiger partial charge in [-0.1, -0.05) is 42.5 Å². The van der Waals surface area contributed by atoms with E-state index in [9.17, 15) is 13.2 Å². The zero-order valence-electron chi connectivity index (χ0n) is 15.7. The van der Waals surface area contributed by atoms with Crippen molar-refractivity contribution in [3.05, 3.63) is 71.8 Å². The standard InChI is InChI=1S/C20H25N3O3S/c1-23(2)19(17-7-5-4-6-8-17)15-21-20(24)14-11-16-9-12-18(13-10-16)22-27(3,25)26/h4-14,19,22H,15H2,1-3H3,(H,21,24)/b14-11+. The van der Waals surface area contributed by atoms with E-state index in [1.54, 1.807) is 30.3 Å². The molecule has 2 N–H and O–H groups in total. The topological polar surface area (TPSA) is 78.5 Å². The largest absolute Gasteiger partial charge is 0.351 e. The fourth-order valence-electron chi connectivity index (χ4n) is 2.58. The smallest absolute Gasteiger partial charge is 0.244 e. The minimum Gasteiger partial charge on any atom is -0.351 e. The fraction of sp³-hybridized carbons (Fsp3) is 0.250. The van der Waals surface area contributed by atoms with Gasteiger partial charge in [-0.2, -0.15) is 0 Å². The highest BCUT2D eigenvalue weighted by Crippen LogP contribution is 2.16. The predicted octanol–water partition coefficient (Wildman–Crippen LogP) is 2.49. The molecule has 6 nitrogen and oxygen atoms in total. The number of amides is 1. The first-order valence-corrected chi connectivity index (χ1v) is 10.4. The Balaban J connectivity index is 1.92. The van der Waals surface area contributed by atoms with Crippen molar-refractivity contribution in [1.29, 1.82) is 0 Å². The highest BCUT2D eigenvalue weighted by atomic mass is 32.2. The van der Waals surface area contributed by atoms with Crippen molar-refractivity contribution < 1.29 is 13.2 Å². The van der Waals surface area contributed by atoms with Crippen molar-refractivity contribution >= 4 is 27.7 Å². The van der Waals surface area contributed by atoms with Gasteiger partial charge in [0.1, 0.15) is 0 Å². The molecule has 7 heteroatoms. The molecule has 0 bridgehead atoms. The SMILES string of the molecule is CN(C)C(CNC(=O)/C=C/c1ccc(NS(C)(=O)=O)cc1)c1ccccc1. The van der Waals surface area contributed by atoms with Crippen molar-refractivity contribution in [2.45, 2.75) is 6.04 Å². The molecular weight excluding hydrogens is 362 g/mol. The third kappa shape index (κ3) is 7.24. The molecule has 0 saturated carbocycles. The van der Waals surface area contributed by atoms with E-state index in [2.05, 4.69) is 14.9 Å². The van der Waals surface area contributed by atoms with Gasteiger partial charge in [0, 0.05) is 18.3 Å². The Kier molecular flexibility index (Phi) is 7.15. The molecule has 27 heavy (non-hydrogen) atoms. The second kappa shape index (κ2) is 9.34. The van der Waals surface area contributed by atoms with Gasteiger partial charge in [0.05, 0.1) is 12.3 Å². The van der Waals surface area contributed by atoms with Crippen LogP contribution in [0.3, 0.4) is 0 Å². The van der Waals surface area contributed by atoms with Crippen molar-refractivity contribution in [3.63, 3.8) is 0 Å². The first-order valence-electron chi connectivity index (χ1n) is 8.50. The van der Waals surface area contributed by atoms with Crippen molar-refractivity contribution in [2.75, 3.05) is 31.6 Å². The second-order valence-corrected chi connectivity index (χ2v) is 8.21. The summed E-state index contributed by atoms with van der Waals surface area (Å²) in [5.41, 5.74) is 2.42. The van der Waals surface area contributed by atoms with Gasteiger partial charge in [0.2, 0.25) is 15.9 Å². The summed E-state index contributed by atoms with van der Waals surface area (Å²) in [5, 5.41) is 2.92. The Morgan fingerprint density at radius 1 is 1.07 bits per heavy atom. The van der Waals surface area contributed by atoms with Crippen LogP contribution in [0.4, 0.5) is 5.69 Å². The summed E-state index contributed by atoms with van der Waals surface area (Å²) in [5.74, 6) is -0.184. The van der Waals surface area contributed by atoms with Crippen molar-refractivity contribution in [2.24, 2.45) is 0 Å². The molecular formula is C20H25N3O3S. The van der Waals surface area contributed by atoms with Gasteiger partial charge in [-0.25, -0.2) is 8.42 Å². The van der Waals surface area contributed by atoms with E-state index >= 15 is 0 Å². The summed E-state index contributed by atoms with van der Waals surface area (Å²) >= 11 is 0. The number of rotatable bonds is 8. The maximum Gasteiger partial charge on any atom is 0.244 e. The molecule has 0 radical (unpaired) electrons. The molecule has 1 atom stereocenters. The molecule has 0 fully saturated rings. The lowest BCUT2D eigenvalue weighted by atomic mass is 10.1. The van der Waals surface area contributed by atoms with E-state index in [4.69, 9.17) is 0 Å². The van der Waals surface area contributed by atoms with Gasteiger partial charge in [0.25, 0.3) is 0 Å². The van der Waals surface area contributed by atoms with Gasteiger partial charge >= 0.3 is 0 Å². The van der Waals surface area contributed by atoms with Gasteiger partial charge < -0.3 is 10.2 Å². The third-order valence-electron chi connectivity index (χ3n) is 3.92. The number of likely N-dealkylation sites (N-methyl/N-ethyl adjacent to an activating group) is 1. The minimum atomic E-state index is -3.30. The molecule has 0 spiro atoms. The van der Waals surface area contributed by atoms with Gasteiger partial charge in [-0.05, 0) is 43.4 Å². The van der Waals surface area contributed by atoms with E-state index < -0.39 is 10.0 Å². The molecule has 1 unspecified atom stereocenters. The van der Waals surface area contributed by atoms with Gasteiger partial charge in [-0.3, -0.25) is 9.52 Å². The molecule has 0 saturated heterocycles. The Morgan fingerprint density at radius 2 is 1.70 bits per heavy atom. The van der Waals surface area contributed by atoms with Gasteiger partial charge in [0.15, 0.2) is 0 Å².